The van der Waals surface area contributed by atoms with E-state index in [0.29, 0.717) is 5.92 Å². The van der Waals surface area contributed by atoms with Gasteiger partial charge >= 0.3 is 6.03 Å². The smallest absolute Gasteiger partial charge is 0.317 e. The first-order valence-electron chi connectivity index (χ1n) is 8.31. The molecule has 0 heterocycles. The van der Waals surface area contributed by atoms with Crippen LogP contribution in [-0.2, 0) is 0 Å². The molecule has 0 aliphatic heterocycles. The molecule has 4 nitrogen and oxygen atoms in total. The maximum atomic E-state index is 12.4. The van der Waals surface area contributed by atoms with E-state index in [1.807, 2.05) is 25.1 Å². The molecule has 2 unspecified atom stereocenters. The standard InChI is InChI=1S/C18H28N2O2/c1-14(13-21)20(2)18(22)19-17(12-15-8-6-7-9-15)16-10-4-3-5-11-16/h3-5,10-11,14-15,17,21H,6-9,12-13H2,1-2H3,(H,19,22). The number of likely N-dealkylation sites (N-methyl/N-ethyl adjacent to an activating group) is 1. The van der Waals surface area contributed by atoms with Crippen molar-refractivity contribution in [2.45, 2.75) is 51.1 Å². The fraction of sp³-hybridized carbons (Fsp3) is 0.611. The Balaban J connectivity index is 2.05. The molecule has 2 atom stereocenters. The molecule has 1 aliphatic rings. The summed E-state index contributed by atoms with van der Waals surface area (Å²) in [6, 6.07) is 9.94. The topological polar surface area (TPSA) is 52.6 Å². The lowest BCUT2D eigenvalue weighted by Gasteiger charge is -2.28. The normalized spacial score (nSPS) is 18.0. The Kier molecular flexibility index (Phi) is 6.25. The van der Waals surface area contributed by atoms with Crippen molar-refractivity contribution in [1.82, 2.24) is 10.2 Å². The van der Waals surface area contributed by atoms with E-state index in [1.54, 1.807) is 11.9 Å². The van der Waals surface area contributed by atoms with E-state index in [-0.39, 0.29) is 24.7 Å². The van der Waals surface area contributed by atoms with Gasteiger partial charge in [0.15, 0.2) is 0 Å². The quantitative estimate of drug-likeness (QED) is 0.847. The number of urea groups is 1. The lowest BCUT2D eigenvalue weighted by atomic mass is 9.93. The fourth-order valence-corrected chi connectivity index (χ4v) is 3.12. The molecule has 0 saturated heterocycles. The molecule has 4 heteroatoms. The first kappa shape index (κ1) is 16.8. The minimum absolute atomic E-state index is 0.0252. The van der Waals surface area contributed by atoms with Gasteiger partial charge in [0.2, 0.25) is 0 Å². The molecule has 2 amide bonds. The minimum atomic E-state index is -0.178. The highest BCUT2D eigenvalue weighted by molar-refractivity contribution is 5.74. The molecule has 1 aromatic carbocycles. The average Bonchev–Trinajstić information content (AvgIpc) is 3.06. The molecule has 1 aliphatic carbocycles. The van der Waals surface area contributed by atoms with Crippen molar-refractivity contribution < 1.29 is 9.90 Å². The third kappa shape index (κ3) is 4.47. The molecule has 122 valence electrons. The van der Waals surface area contributed by atoms with Gasteiger partial charge in [0.25, 0.3) is 0 Å². The number of aliphatic hydroxyl groups is 1. The molecule has 0 spiro atoms. The van der Waals surface area contributed by atoms with E-state index in [2.05, 4.69) is 17.4 Å². The average molecular weight is 304 g/mol. The van der Waals surface area contributed by atoms with E-state index in [9.17, 15) is 9.90 Å². The highest BCUT2D eigenvalue weighted by atomic mass is 16.3. The molecular formula is C18H28N2O2. The number of carbonyl (C=O) groups is 1. The van der Waals surface area contributed by atoms with Gasteiger partial charge in [0.1, 0.15) is 0 Å². The van der Waals surface area contributed by atoms with Gasteiger partial charge in [0, 0.05) is 7.05 Å². The number of nitrogens with one attached hydrogen (secondary N) is 1. The number of hydrogen-bond acceptors (Lipinski definition) is 2. The number of rotatable bonds is 6. The van der Waals surface area contributed by atoms with Gasteiger partial charge in [-0.3, -0.25) is 0 Å². The fourth-order valence-electron chi connectivity index (χ4n) is 3.12. The number of carbonyl (C=O) groups excluding carboxylic acids is 1. The second-order valence-corrected chi connectivity index (χ2v) is 6.44. The van der Waals surface area contributed by atoms with Gasteiger partial charge in [-0.25, -0.2) is 4.79 Å². The lowest BCUT2D eigenvalue weighted by molar-refractivity contribution is 0.153. The zero-order chi connectivity index (χ0) is 15.9. The molecule has 0 radical (unpaired) electrons. The van der Waals surface area contributed by atoms with Crippen molar-refractivity contribution in [1.29, 1.82) is 0 Å². The van der Waals surface area contributed by atoms with Crippen molar-refractivity contribution in [3.05, 3.63) is 35.9 Å². The summed E-state index contributed by atoms with van der Waals surface area (Å²) in [4.78, 5) is 14.0. The Hall–Kier alpha value is -1.55. The van der Waals surface area contributed by atoms with E-state index in [0.717, 1.165) is 12.0 Å². The number of nitrogens with zero attached hydrogens (tertiary/aromatic N) is 1. The molecule has 1 fully saturated rings. The first-order chi connectivity index (χ1) is 10.6. The van der Waals surface area contributed by atoms with Crippen LogP contribution >= 0.6 is 0 Å². The van der Waals surface area contributed by atoms with Crippen molar-refractivity contribution in [3.63, 3.8) is 0 Å². The van der Waals surface area contributed by atoms with Crippen LogP contribution in [-0.4, -0.2) is 35.7 Å². The summed E-state index contributed by atoms with van der Waals surface area (Å²) in [6.07, 6.45) is 6.14. The molecule has 1 saturated carbocycles. The predicted molar refractivity (Wildman–Crippen MR) is 88.6 cm³/mol. The van der Waals surface area contributed by atoms with Crippen molar-refractivity contribution >= 4 is 6.03 Å². The summed E-state index contributed by atoms with van der Waals surface area (Å²) in [5.74, 6) is 0.700. The van der Waals surface area contributed by atoms with Crippen LogP contribution < -0.4 is 5.32 Å². The Morgan fingerprint density at radius 3 is 2.55 bits per heavy atom. The second-order valence-electron chi connectivity index (χ2n) is 6.44. The Morgan fingerprint density at radius 2 is 1.95 bits per heavy atom. The maximum Gasteiger partial charge on any atom is 0.317 e. The summed E-state index contributed by atoms with van der Waals surface area (Å²) >= 11 is 0. The van der Waals surface area contributed by atoms with Gasteiger partial charge in [-0.1, -0.05) is 56.0 Å². The summed E-state index contributed by atoms with van der Waals surface area (Å²) in [6.45, 7) is 1.82. The van der Waals surface area contributed by atoms with Crippen LogP contribution in [0.5, 0.6) is 0 Å². The third-order valence-corrected chi connectivity index (χ3v) is 4.79. The summed E-state index contributed by atoms with van der Waals surface area (Å²) in [7, 11) is 1.73. The molecule has 0 aromatic heterocycles. The number of amides is 2. The third-order valence-electron chi connectivity index (χ3n) is 4.79. The summed E-state index contributed by atoms with van der Waals surface area (Å²) in [5.41, 5.74) is 1.16. The number of benzene rings is 1. The maximum absolute atomic E-state index is 12.4. The number of hydrogen-bond donors (Lipinski definition) is 2. The SMILES string of the molecule is CC(CO)N(C)C(=O)NC(CC1CCCC1)c1ccccc1. The highest BCUT2D eigenvalue weighted by Crippen LogP contribution is 2.33. The predicted octanol–water partition coefficient (Wildman–Crippen LogP) is 3.33. The summed E-state index contributed by atoms with van der Waals surface area (Å²) in [5, 5.41) is 12.4. The monoisotopic (exact) mass is 304 g/mol. The highest BCUT2D eigenvalue weighted by Gasteiger charge is 2.24. The minimum Gasteiger partial charge on any atom is -0.394 e. The van der Waals surface area contributed by atoms with Gasteiger partial charge in [-0.2, -0.15) is 0 Å². The van der Waals surface area contributed by atoms with Crippen LogP contribution in [0.15, 0.2) is 30.3 Å². The van der Waals surface area contributed by atoms with Crippen LogP contribution in [0.3, 0.4) is 0 Å². The molecule has 2 N–H and O–H groups in total. The van der Waals surface area contributed by atoms with Gasteiger partial charge in [0.05, 0.1) is 18.7 Å². The van der Waals surface area contributed by atoms with E-state index in [1.165, 1.54) is 25.7 Å². The number of aliphatic hydroxyl groups excluding tert-OH is 1. The molecular weight excluding hydrogens is 276 g/mol. The van der Waals surface area contributed by atoms with Crippen molar-refractivity contribution in [2.75, 3.05) is 13.7 Å². The van der Waals surface area contributed by atoms with Crippen LogP contribution in [0.25, 0.3) is 0 Å². The Morgan fingerprint density at radius 1 is 1.32 bits per heavy atom. The van der Waals surface area contributed by atoms with Crippen LogP contribution in [0, 0.1) is 5.92 Å². The molecule has 2 rings (SSSR count). The van der Waals surface area contributed by atoms with E-state index >= 15 is 0 Å². The van der Waals surface area contributed by atoms with E-state index < -0.39 is 0 Å². The van der Waals surface area contributed by atoms with Gasteiger partial charge in [-0.15, -0.1) is 0 Å². The van der Waals surface area contributed by atoms with Crippen LogP contribution in [0.2, 0.25) is 0 Å². The molecule has 1 aromatic rings. The zero-order valence-corrected chi connectivity index (χ0v) is 13.7. The zero-order valence-electron chi connectivity index (χ0n) is 13.7. The lowest BCUT2D eigenvalue weighted by Crippen LogP contribution is -2.45. The first-order valence-corrected chi connectivity index (χ1v) is 8.31. The second kappa shape index (κ2) is 8.18. The summed E-state index contributed by atoms with van der Waals surface area (Å²) < 4.78 is 0. The Bertz CT molecular complexity index is 457. The Labute approximate surface area is 133 Å². The van der Waals surface area contributed by atoms with Gasteiger partial charge in [-0.05, 0) is 24.8 Å². The molecule has 0 bridgehead atoms. The van der Waals surface area contributed by atoms with Gasteiger partial charge < -0.3 is 15.3 Å². The molecule has 22 heavy (non-hydrogen) atoms. The van der Waals surface area contributed by atoms with Crippen molar-refractivity contribution in [3.8, 4) is 0 Å². The largest absolute Gasteiger partial charge is 0.394 e. The van der Waals surface area contributed by atoms with E-state index in [4.69, 9.17) is 0 Å². The van der Waals surface area contributed by atoms with Crippen LogP contribution in [0.1, 0.15) is 50.6 Å². The van der Waals surface area contributed by atoms with Crippen molar-refractivity contribution in [2.24, 2.45) is 5.92 Å². The van der Waals surface area contributed by atoms with Crippen LogP contribution in [0.4, 0.5) is 4.79 Å².